The summed E-state index contributed by atoms with van der Waals surface area (Å²) in [4.78, 5) is 11.7. The molecule has 0 saturated heterocycles. The van der Waals surface area contributed by atoms with Gasteiger partial charge in [0.05, 0.1) is 4.90 Å². The summed E-state index contributed by atoms with van der Waals surface area (Å²) in [5.74, 6) is -0.0326. The number of hydrogen-bond acceptors (Lipinski definition) is 3. The number of rotatable bonds is 4. The van der Waals surface area contributed by atoms with Gasteiger partial charge < -0.3 is 5.32 Å². The number of sulfonamides is 1. The number of benzene rings is 2. The van der Waals surface area contributed by atoms with Crippen LogP contribution in [0.5, 0.6) is 0 Å². The van der Waals surface area contributed by atoms with Crippen molar-refractivity contribution >= 4 is 21.6 Å². The molecule has 6 heteroatoms. The van der Waals surface area contributed by atoms with E-state index in [1.165, 1.54) is 4.31 Å². The first-order chi connectivity index (χ1) is 11.4. The summed E-state index contributed by atoms with van der Waals surface area (Å²) < 4.78 is 27.0. The largest absolute Gasteiger partial charge is 0.326 e. The van der Waals surface area contributed by atoms with Gasteiger partial charge in [-0.1, -0.05) is 24.3 Å². The smallest absolute Gasteiger partial charge is 0.243 e. The molecule has 3 rings (SSSR count). The molecular weight excluding hydrogens is 324 g/mol. The maximum Gasteiger partial charge on any atom is 0.243 e. The predicted molar refractivity (Wildman–Crippen MR) is 93.2 cm³/mol. The van der Waals surface area contributed by atoms with Gasteiger partial charge in [0.2, 0.25) is 15.9 Å². The average Bonchev–Trinajstić information content (AvgIpc) is 2.56. The van der Waals surface area contributed by atoms with Crippen LogP contribution in [-0.2, 0) is 27.8 Å². The Bertz CT molecular complexity index is 891. The number of nitrogens with zero attached hydrogens (tertiary/aromatic N) is 1. The topological polar surface area (TPSA) is 66.5 Å². The van der Waals surface area contributed by atoms with E-state index in [9.17, 15) is 13.2 Å². The zero-order chi connectivity index (χ0) is 17.3. The van der Waals surface area contributed by atoms with Gasteiger partial charge in [-0.15, -0.1) is 0 Å². The molecule has 0 aromatic heterocycles. The minimum Gasteiger partial charge on any atom is -0.326 e. The minimum absolute atomic E-state index is 0.0326. The van der Waals surface area contributed by atoms with E-state index in [4.69, 9.17) is 0 Å². The van der Waals surface area contributed by atoms with Gasteiger partial charge in [0, 0.05) is 25.7 Å². The molecule has 0 aliphatic carbocycles. The quantitative estimate of drug-likeness (QED) is 0.927. The lowest BCUT2D eigenvalue weighted by Crippen LogP contribution is -2.27. The maximum absolute atomic E-state index is 12.8. The van der Waals surface area contributed by atoms with E-state index in [1.54, 1.807) is 25.2 Å². The van der Waals surface area contributed by atoms with Crippen LogP contribution in [0.15, 0.2) is 47.4 Å². The van der Waals surface area contributed by atoms with Crippen molar-refractivity contribution in [1.82, 2.24) is 4.31 Å². The first kappa shape index (κ1) is 16.7. The van der Waals surface area contributed by atoms with E-state index in [-0.39, 0.29) is 10.8 Å². The third-order valence-corrected chi connectivity index (χ3v) is 6.13. The highest BCUT2D eigenvalue weighted by molar-refractivity contribution is 7.89. The Balaban J connectivity index is 1.87. The second kappa shape index (κ2) is 6.37. The molecule has 1 N–H and O–H groups in total. The summed E-state index contributed by atoms with van der Waals surface area (Å²) in [6.07, 6.45) is 0.946. The molecular formula is C18H20N2O3S. The Morgan fingerprint density at radius 2 is 1.88 bits per heavy atom. The van der Waals surface area contributed by atoms with Crippen molar-refractivity contribution < 1.29 is 13.2 Å². The van der Waals surface area contributed by atoms with Crippen molar-refractivity contribution in [1.29, 1.82) is 0 Å². The van der Waals surface area contributed by atoms with Crippen molar-refractivity contribution in [2.75, 3.05) is 12.4 Å². The first-order valence-electron chi connectivity index (χ1n) is 7.81. The summed E-state index contributed by atoms with van der Waals surface area (Å²) in [6.45, 7) is 2.29. The Labute approximate surface area is 142 Å². The number of amides is 1. The predicted octanol–water partition coefficient (Wildman–Crippen LogP) is 2.70. The van der Waals surface area contributed by atoms with E-state index in [2.05, 4.69) is 5.32 Å². The number of aryl methyl sites for hydroxylation is 2. The monoisotopic (exact) mass is 344 g/mol. The molecule has 0 spiro atoms. The fraction of sp³-hybridized carbons (Fsp3) is 0.278. The average molecular weight is 344 g/mol. The second-order valence-corrected chi connectivity index (χ2v) is 8.10. The van der Waals surface area contributed by atoms with Crippen molar-refractivity contribution in [3.05, 3.63) is 59.2 Å². The summed E-state index contributed by atoms with van der Waals surface area (Å²) in [5, 5.41) is 2.77. The van der Waals surface area contributed by atoms with Crippen LogP contribution in [0.1, 0.15) is 23.1 Å². The third-order valence-electron chi connectivity index (χ3n) is 4.33. The van der Waals surface area contributed by atoms with Crippen LogP contribution in [0.4, 0.5) is 5.69 Å². The van der Waals surface area contributed by atoms with E-state index in [0.29, 0.717) is 25.1 Å². The summed E-state index contributed by atoms with van der Waals surface area (Å²) in [6, 6.07) is 12.6. The molecule has 0 radical (unpaired) electrons. The molecule has 0 fully saturated rings. The summed E-state index contributed by atoms with van der Waals surface area (Å²) in [5.41, 5.74) is 3.60. The normalized spacial score (nSPS) is 14.4. The highest BCUT2D eigenvalue weighted by Gasteiger charge is 2.24. The van der Waals surface area contributed by atoms with E-state index < -0.39 is 10.0 Å². The number of carbonyl (C=O) groups excluding carboxylic acids is 1. The molecule has 5 nitrogen and oxygen atoms in total. The first-order valence-corrected chi connectivity index (χ1v) is 9.25. The SMILES string of the molecule is Cc1ccccc1CN(C)S(=O)(=O)c1ccc2c(c1)CCC(=O)N2. The number of hydrogen-bond donors (Lipinski definition) is 1. The second-order valence-electron chi connectivity index (χ2n) is 6.05. The van der Waals surface area contributed by atoms with Gasteiger partial charge in [0.1, 0.15) is 0 Å². The number of carbonyl (C=O) groups is 1. The van der Waals surface area contributed by atoms with E-state index in [0.717, 1.165) is 16.7 Å². The minimum atomic E-state index is -3.58. The van der Waals surface area contributed by atoms with E-state index in [1.807, 2.05) is 31.2 Å². The van der Waals surface area contributed by atoms with Gasteiger partial charge in [0.15, 0.2) is 0 Å². The van der Waals surface area contributed by atoms with Crippen LogP contribution in [-0.4, -0.2) is 25.7 Å². The van der Waals surface area contributed by atoms with Crippen molar-refractivity contribution in [3.8, 4) is 0 Å². The molecule has 0 bridgehead atoms. The molecule has 1 aliphatic rings. The third kappa shape index (κ3) is 3.20. The molecule has 0 saturated carbocycles. The van der Waals surface area contributed by atoms with Gasteiger partial charge in [0.25, 0.3) is 0 Å². The van der Waals surface area contributed by atoms with Gasteiger partial charge >= 0.3 is 0 Å². The van der Waals surface area contributed by atoms with Crippen LogP contribution in [0, 0.1) is 6.92 Å². The van der Waals surface area contributed by atoms with Gasteiger partial charge in [-0.05, 0) is 48.2 Å². The van der Waals surface area contributed by atoms with Crippen LogP contribution in [0.25, 0.3) is 0 Å². The number of fused-ring (bicyclic) bond motifs is 1. The molecule has 1 heterocycles. The van der Waals surface area contributed by atoms with E-state index >= 15 is 0 Å². The Morgan fingerprint density at radius 3 is 2.62 bits per heavy atom. The molecule has 1 aliphatic heterocycles. The molecule has 0 unspecified atom stereocenters. The molecule has 2 aromatic rings. The van der Waals surface area contributed by atoms with Crippen LogP contribution >= 0.6 is 0 Å². The van der Waals surface area contributed by atoms with Crippen LogP contribution in [0.3, 0.4) is 0 Å². The van der Waals surface area contributed by atoms with Crippen LogP contribution in [0.2, 0.25) is 0 Å². The highest BCUT2D eigenvalue weighted by atomic mass is 32.2. The molecule has 1 amide bonds. The standard InChI is InChI=1S/C18H20N2O3S/c1-13-5-3-4-6-15(13)12-20(2)24(22,23)16-8-9-17-14(11-16)7-10-18(21)19-17/h3-6,8-9,11H,7,10,12H2,1-2H3,(H,19,21). The maximum atomic E-state index is 12.8. The van der Waals surface area contributed by atoms with Crippen molar-refractivity contribution in [2.45, 2.75) is 31.2 Å². The Kier molecular flexibility index (Phi) is 4.43. The summed E-state index contributed by atoms with van der Waals surface area (Å²) in [7, 11) is -1.99. The molecule has 24 heavy (non-hydrogen) atoms. The Hall–Kier alpha value is -2.18. The van der Waals surface area contributed by atoms with Gasteiger partial charge in [-0.3, -0.25) is 4.79 Å². The van der Waals surface area contributed by atoms with Crippen molar-refractivity contribution in [3.63, 3.8) is 0 Å². The fourth-order valence-corrected chi connectivity index (χ4v) is 4.01. The molecule has 0 atom stereocenters. The lowest BCUT2D eigenvalue weighted by molar-refractivity contribution is -0.116. The van der Waals surface area contributed by atoms with Gasteiger partial charge in [-0.25, -0.2) is 8.42 Å². The number of nitrogens with one attached hydrogen (secondary N) is 1. The highest BCUT2D eigenvalue weighted by Crippen LogP contribution is 2.27. The lowest BCUT2D eigenvalue weighted by Gasteiger charge is -2.21. The fourth-order valence-electron chi connectivity index (χ4n) is 2.81. The summed E-state index contributed by atoms with van der Waals surface area (Å²) >= 11 is 0. The zero-order valence-corrected chi connectivity index (χ0v) is 14.6. The Morgan fingerprint density at radius 1 is 1.12 bits per heavy atom. The van der Waals surface area contributed by atoms with Crippen molar-refractivity contribution in [2.24, 2.45) is 0 Å². The number of anilines is 1. The molecule has 2 aromatic carbocycles. The van der Waals surface area contributed by atoms with Crippen LogP contribution < -0.4 is 5.32 Å². The zero-order valence-electron chi connectivity index (χ0n) is 13.7. The lowest BCUT2D eigenvalue weighted by atomic mass is 10.0. The van der Waals surface area contributed by atoms with Gasteiger partial charge in [-0.2, -0.15) is 4.31 Å². The molecule has 126 valence electrons.